The van der Waals surface area contributed by atoms with Crippen LogP contribution in [0.15, 0.2) is 241 Å². The summed E-state index contributed by atoms with van der Waals surface area (Å²) in [4.78, 5) is 2.37. The Kier molecular flexibility index (Phi) is 7.85. The molecule has 0 fully saturated rings. The van der Waals surface area contributed by atoms with E-state index in [4.69, 9.17) is 4.42 Å². The number of hydrogen-bond acceptors (Lipinski definition) is 2. The van der Waals surface area contributed by atoms with E-state index in [0.717, 1.165) is 55.9 Å². The molecule has 1 heterocycles. The summed E-state index contributed by atoms with van der Waals surface area (Å²) in [7, 11) is 0. The van der Waals surface area contributed by atoms with Gasteiger partial charge in [0, 0.05) is 33.4 Å². The van der Waals surface area contributed by atoms with Crippen LogP contribution in [0.3, 0.4) is 0 Å². The first-order chi connectivity index (χ1) is 31.3. The molecule has 0 atom stereocenters. The number of fused-ring (bicyclic) bond motifs is 14. The van der Waals surface area contributed by atoms with Crippen molar-refractivity contribution >= 4 is 39.0 Å². The Morgan fingerprint density at radius 2 is 0.825 bits per heavy atom. The van der Waals surface area contributed by atoms with Crippen molar-refractivity contribution in [2.75, 3.05) is 4.90 Å². The molecular weight excluding hydrogens is 763 g/mol. The molecule has 0 saturated heterocycles. The van der Waals surface area contributed by atoms with Crippen molar-refractivity contribution in [1.82, 2.24) is 0 Å². The van der Waals surface area contributed by atoms with E-state index in [1.54, 1.807) is 0 Å². The molecule has 63 heavy (non-hydrogen) atoms. The molecule has 13 rings (SSSR count). The average Bonchev–Trinajstić information content (AvgIpc) is 3.99. The topological polar surface area (TPSA) is 16.4 Å². The molecule has 0 radical (unpaired) electrons. The highest BCUT2D eigenvalue weighted by Gasteiger charge is 2.52. The quantitative estimate of drug-likeness (QED) is 0.167. The molecule has 0 aliphatic heterocycles. The third kappa shape index (κ3) is 5.25. The third-order valence-corrected chi connectivity index (χ3v) is 13.5. The van der Waals surface area contributed by atoms with Crippen LogP contribution in [0.2, 0.25) is 0 Å². The van der Waals surface area contributed by atoms with Gasteiger partial charge in [0.15, 0.2) is 0 Å². The second kappa shape index (κ2) is 13.9. The molecule has 1 spiro atoms. The van der Waals surface area contributed by atoms with Gasteiger partial charge < -0.3 is 9.32 Å². The lowest BCUT2D eigenvalue weighted by atomic mass is 9.70. The normalized spacial score (nSPS) is 12.9. The molecule has 0 saturated carbocycles. The number of furan rings is 1. The second-order valence-electron chi connectivity index (χ2n) is 16.8. The van der Waals surface area contributed by atoms with E-state index in [1.165, 1.54) is 61.0 Å². The summed E-state index contributed by atoms with van der Waals surface area (Å²) in [5.74, 6) is 0. The number of rotatable bonds is 6. The van der Waals surface area contributed by atoms with E-state index in [-0.39, 0.29) is 0 Å². The Balaban J connectivity index is 1.04. The highest BCUT2D eigenvalue weighted by atomic mass is 16.3. The van der Waals surface area contributed by atoms with Crippen LogP contribution in [0, 0.1) is 0 Å². The summed E-state index contributed by atoms with van der Waals surface area (Å²) < 4.78 is 7.13. The molecular formula is C61H39NO. The standard InChI is InChI=1S/C61H39NO/c1-4-17-40(18-5-1)42-31-33-46(34-32-42)62(45-21-8-3-9-22-45)47-38-43(41-19-6-2-7-20-41)37-44(39-47)48-26-16-27-52-59-57(63-60(48)52)36-35-56-58(59)51-25-12-15-30-55(51)61(56)53-28-13-10-23-49(53)50-24-11-14-29-54(50)61/h1-39H. The van der Waals surface area contributed by atoms with Gasteiger partial charge in [-0.25, -0.2) is 0 Å². The predicted molar refractivity (Wildman–Crippen MR) is 261 cm³/mol. The first-order valence-electron chi connectivity index (χ1n) is 21.8. The van der Waals surface area contributed by atoms with Crippen molar-refractivity contribution in [3.63, 3.8) is 0 Å². The zero-order valence-electron chi connectivity index (χ0n) is 34.4. The monoisotopic (exact) mass is 801 g/mol. The fraction of sp³-hybridized carbons (Fsp3) is 0.0164. The lowest BCUT2D eigenvalue weighted by Crippen LogP contribution is -2.25. The third-order valence-electron chi connectivity index (χ3n) is 13.5. The number of nitrogens with zero attached hydrogens (tertiary/aromatic N) is 1. The first kappa shape index (κ1) is 35.5. The Labute approximate surface area is 366 Å². The largest absolute Gasteiger partial charge is 0.455 e. The maximum atomic E-state index is 7.13. The van der Waals surface area contributed by atoms with Crippen molar-refractivity contribution in [2.45, 2.75) is 5.41 Å². The number of para-hydroxylation sites is 2. The molecule has 2 aliphatic carbocycles. The van der Waals surface area contributed by atoms with Crippen LogP contribution < -0.4 is 4.90 Å². The van der Waals surface area contributed by atoms with Crippen LogP contribution in [0.5, 0.6) is 0 Å². The summed E-state index contributed by atoms with van der Waals surface area (Å²) in [6.45, 7) is 0. The highest BCUT2D eigenvalue weighted by Crippen LogP contribution is 2.64. The van der Waals surface area contributed by atoms with Gasteiger partial charge in [-0.2, -0.15) is 0 Å². The SMILES string of the molecule is c1ccc(-c2ccc(N(c3ccccc3)c3cc(-c4ccccc4)cc(-c4cccc5c4oc4ccc6c(c45)-c4ccccc4C64c5ccccc5-c5ccccc54)c3)cc2)cc1. The summed E-state index contributed by atoms with van der Waals surface area (Å²) >= 11 is 0. The molecule has 0 amide bonds. The number of anilines is 3. The Hall–Kier alpha value is -8.20. The lowest BCUT2D eigenvalue weighted by molar-refractivity contribution is 0.669. The minimum atomic E-state index is -0.423. The van der Waals surface area contributed by atoms with Crippen LogP contribution in [-0.2, 0) is 5.41 Å². The Morgan fingerprint density at radius 1 is 0.317 bits per heavy atom. The van der Waals surface area contributed by atoms with E-state index >= 15 is 0 Å². The van der Waals surface area contributed by atoms with Gasteiger partial charge in [0.1, 0.15) is 11.2 Å². The predicted octanol–water partition coefficient (Wildman–Crippen LogP) is 16.4. The van der Waals surface area contributed by atoms with Crippen molar-refractivity contribution in [3.05, 3.63) is 259 Å². The zero-order chi connectivity index (χ0) is 41.5. The van der Waals surface area contributed by atoms with Crippen molar-refractivity contribution in [3.8, 4) is 55.6 Å². The zero-order valence-corrected chi connectivity index (χ0v) is 34.4. The van der Waals surface area contributed by atoms with E-state index in [9.17, 15) is 0 Å². The maximum Gasteiger partial charge on any atom is 0.143 e. The van der Waals surface area contributed by atoms with E-state index in [0.29, 0.717) is 0 Å². The summed E-state index contributed by atoms with van der Waals surface area (Å²) in [5, 5.41) is 2.29. The molecule has 0 unspecified atom stereocenters. The Bertz CT molecular complexity index is 3500. The minimum Gasteiger partial charge on any atom is -0.455 e. The molecule has 0 N–H and O–H groups in total. The van der Waals surface area contributed by atoms with Gasteiger partial charge in [-0.3, -0.25) is 0 Å². The molecule has 1 aromatic heterocycles. The van der Waals surface area contributed by atoms with E-state index < -0.39 is 5.41 Å². The maximum absolute atomic E-state index is 7.13. The molecule has 294 valence electrons. The van der Waals surface area contributed by atoms with E-state index in [2.05, 4.69) is 241 Å². The fourth-order valence-electron chi connectivity index (χ4n) is 10.8. The van der Waals surface area contributed by atoms with Crippen molar-refractivity contribution in [2.24, 2.45) is 0 Å². The Morgan fingerprint density at radius 3 is 1.49 bits per heavy atom. The van der Waals surface area contributed by atoms with Gasteiger partial charge in [-0.05, 0) is 121 Å². The molecule has 2 heteroatoms. The van der Waals surface area contributed by atoms with Gasteiger partial charge >= 0.3 is 0 Å². The molecule has 2 nitrogen and oxygen atoms in total. The smallest absolute Gasteiger partial charge is 0.143 e. The lowest BCUT2D eigenvalue weighted by Gasteiger charge is -2.30. The van der Waals surface area contributed by atoms with Crippen LogP contribution in [0.25, 0.3) is 77.6 Å². The number of hydrogen-bond donors (Lipinski definition) is 0. The average molecular weight is 802 g/mol. The minimum absolute atomic E-state index is 0.423. The number of benzene rings is 10. The molecule has 2 aliphatic rings. The summed E-state index contributed by atoms with van der Waals surface area (Å²) in [5.41, 5.74) is 21.9. The summed E-state index contributed by atoms with van der Waals surface area (Å²) in [6, 6.07) is 86.1. The molecule has 10 aromatic carbocycles. The molecule has 0 bridgehead atoms. The second-order valence-corrected chi connectivity index (χ2v) is 16.8. The van der Waals surface area contributed by atoms with Gasteiger partial charge in [0.2, 0.25) is 0 Å². The molecule has 11 aromatic rings. The van der Waals surface area contributed by atoms with Crippen LogP contribution in [-0.4, -0.2) is 0 Å². The van der Waals surface area contributed by atoms with Gasteiger partial charge in [-0.1, -0.05) is 188 Å². The van der Waals surface area contributed by atoms with Crippen molar-refractivity contribution in [1.29, 1.82) is 0 Å². The van der Waals surface area contributed by atoms with Gasteiger partial charge in [-0.15, -0.1) is 0 Å². The van der Waals surface area contributed by atoms with Crippen molar-refractivity contribution < 1.29 is 4.42 Å². The van der Waals surface area contributed by atoms with Crippen LogP contribution in [0.4, 0.5) is 17.1 Å². The van der Waals surface area contributed by atoms with Crippen LogP contribution in [0.1, 0.15) is 22.3 Å². The van der Waals surface area contributed by atoms with Crippen LogP contribution >= 0.6 is 0 Å². The summed E-state index contributed by atoms with van der Waals surface area (Å²) in [6.07, 6.45) is 0. The van der Waals surface area contributed by atoms with Gasteiger partial charge in [0.25, 0.3) is 0 Å². The highest BCUT2D eigenvalue weighted by molar-refractivity contribution is 6.18. The first-order valence-corrected chi connectivity index (χ1v) is 21.8. The van der Waals surface area contributed by atoms with Gasteiger partial charge in [0.05, 0.1) is 5.41 Å². The fourth-order valence-corrected chi connectivity index (χ4v) is 10.8. The van der Waals surface area contributed by atoms with E-state index in [1.807, 2.05) is 0 Å².